The number of benzene rings is 1. The lowest BCUT2D eigenvalue weighted by atomic mass is 10.2. The summed E-state index contributed by atoms with van der Waals surface area (Å²) in [4.78, 5) is 19.7. The Kier molecular flexibility index (Phi) is 6.25. The molecule has 0 N–H and O–H groups in total. The summed E-state index contributed by atoms with van der Waals surface area (Å²) in [6.07, 6.45) is 5.29. The van der Waals surface area contributed by atoms with Crippen LogP contribution in [0.4, 0.5) is 5.69 Å². The van der Waals surface area contributed by atoms with Gasteiger partial charge in [-0.05, 0) is 45.2 Å². The third kappa shape index (κ3) is 4.44. The van der Waals surface area contributed by atoms with Crippen molar-refractivity contribution < 1.29 is 13.2 Å². The minimum Gasteiger partial charge on any atom is -0.320 e. The van der Waals surface area contributed by atoms with Crippen molar-refractivity contribution >= 4 is 33.2 Å². The smallest absolute Gasteiger partial charge is 0.237 e. The van der Waals surface area contributed by atoms with Crippen LogP contribution in [0.2, 0.25) is 0 Å². The first-order valence-electron chi connectivity index (χ1n) is 10.6. The average Bonchev–Trinajstić information content (AvgIpc) is 3.42. The van der Waals surface area contributed by atoms with Crippen LogP contribution < -0.4 is 4.90 Å². The van der Waals surface area contributed by atoms with Crippen molar-refractivity contribution in [3.05, 3.63) is 41.7 Å². The molecule has 1 saturated carbocycles. The number of hydrogen-bond donors (Lipinski definition) is 0. The number of sulfone groups is 1. The molecule has 0 radical (unpaired) electrons. The highest BCUT2D eigenvalue weighted by Crippen LogP contribution is 2.35. The SMILES string of the molecule is Cc1nc(SCC(=O)N(c2ccccc2)[C@@H]2CCS(=O)(=O)C2)n(C2CCCC2)c1C. The highest BCUT2D eigenvalue weighted by molar-refractivity contribution is 7.99. The normalized spacial score (nSPS) is 21.2. The van der Waals surface area contributed by atoms with E-state index >= 15 is 0 Å². The van der Waals surface area contributed by atoms with Gasteiger partial charge in [0.05, 0.1) is 29.0 Å². The molecule has 4 rings (SSSR count). The lowest BCUT2D eigenvalue weighted by molar-refractivity contribution is -0.116. The number of anilines is 1. The molecule has 2 heterocycles. The zero-order valence-electron chi connectivity index (χ0n) is 17.6. The predicted octanol–water partition coefficient (Wildman–Crippen LogP) is 3.93. The fourth-order valence-electron chi connectivity index (χ4n) is 4.61. The van der Waals surface area contributed by atoms with Gasteiger partial charge in [-0.15, -0.1) is 0 Å². The minimum absolute atomic E-state index is 0.0349. The largest absolute Gasteiger partial charge is 0.320 e. The summed E-state index contributed by atoms with van der Waals surface area (Å²) in [6.45, 7) is 4.12. The summed E-state index contributed by atoms with van der Waals surface area (Å²) >= 11 is 1.47. The van der Waals surface area contributed by atoms with Gasteiger partial charge in [-0.3, -0.25) is 4.79 Å². The van der Waals surface area contributed by atoms with Gasteiger partial charge in [0.2, 0.25) is 5.91 Å². The van der Waals surface area contributed by atoms with Gasteiger partial charge in [0.1, 0.15) is 0 Å². The van der Waals surface area contributed by atoms with Crippen LogP contribution in [-0.4, -0.2) is 47.2 Å². The van der Waals surface area contributed by atoms with E-state index in [0.717, 1.165) is 29.4 Å². The first-order chi connectivity index (χ1) is 14.4. The van der Waals surface area contributed by atoms with Gasteiger partial charge >= 0.3 is 0 Å². The Hall–Kier alpha value is -1.80. The molecule has 1 atom stereocenters. The molecule has 1 amide bonds. The Morgan fingerprint density at radius 2 is 1.87 bits per heavy atom. The molecule has 162 valence electrons. The third-order valence-corrected chi connectivity index (χ3v) is 8.93. The predicted molar refractivity (Wildman–Crippen MR) is 121 cm³/mol. The van der Waals surface area contributed by atoms with Gasteiger partial charge in [-0.1, -0.05) is 42.8 Å². The summed E-state index contributed by atoms with van der Waals surface area (Å²) < 4.78 is 26.4. The molecule has 2 aliphatic rings. The molecule has 0 spiro atoms. The van der Waals surface area contributed by atoms with Crippen molar-refractivity contribution in [2.75, 3.05) is 22.2 Å². The van der Waals surface area contributed by atoms with Crippen molar-refractivity contribution in [1.82, 2.24) is 9.55 Å². The Labute approximate surface area is 183 Å². The number of carbonyl (C=O) groups is 1. The number of thioether (sulfide) groups is 1. The van der Waals surface area contributed by atoms with Gasteiger partial charge in [0.15, 0.2) is 15.0 Å². The number of aryl methyl sites for hydroxylation is 1. The maximum Gasteiger partial charge on any atom is 0.237 e. The zero-order valence-corrected chi connectivity index (χ0v) is 19.2. The van der Waals surface area contributed by atoms with E-state index in [0.29, 0.717) is 12.5 Å². The fourth-order valence-corrected chi connectivity index (χ4v) is 7.33. The number of carbonyl (C=O) groups excluding carboxylic acids is 1. The molecule has 1 aromatic heterocycles. The molecule has 2 aromatic rings. The summed E-state index contributed by atoms with van der Waals surface area (Å²) in [6, 6.07) is 9.58. The van der Waals surface area contributed by atoms with Crippen LogP contribution in [0, 0.1) is 13.8 Å². The Balaban J connectivity index is 1.55. The Morgan fingerprint density at radius 1 is 1.17 bits per heavy atom. The lowest BCUT2D eigenvalue weighted by Gasteiger charge is -2.28. The zero-order chi connectivity index (χ0) is 21.3. The Morgan fingerprint density at radius 3 is 2.50 bits per heavy atom. The summed E-state index contributed by atoms with van der Waals surface area (Å²) in [5.74, 6) is 0.359. The maximum atomic E-state index is 13.3. The van der Waals surface area contributed by atoms with E-state index in [2.05, 4.69) is 11.5 Å². The van der Waals surface area contributed by atoms with E-state index in [1.54, 1.807) is 4.90 Å². The average molecular weight is 448 g/mol. The van der Waals surface area contributed by atoms with E-state index in [1.165, 1.54) is 30.3 Å². The molecule has 1 aliphatic heterocycles. The quantitative estimate of drug-likeness (QED) is 0.628. The highest BCUT2D eigenvalue weighted by Gasteiger charge is 2.35. The van der Waals surface area contributed by atoms with Crippen LogP contribution in [0.3, 0.4) is 0 Å². The van der Waals surface area contributed by atoms with Crippen LogP contribution in [0.25, 0.3) is 0 Å². The first-order valence-corrected chi connectivity index (χ1v) is 13.4. The van der Waals surface area contributed by atoms with E-state index < -0.39 is 9.84 Å². The molecular weight excluding hydrogens is 418 g/mol. The molecule has 2 fully saturated rings. The van der Waals surface area contributed by atoms with Crippen LogP contribution in [-0.2, 0) is 14.6 Å². The van der Waals surface area contributed by atoms with Gasteiger partial charge in [0.25, 0.3) is 0 Å². The highest BCUT2D eigenvalue weighted by atomic mass is 32.2. The summed E-state index contributed by atoms with van der Waals surface area (Å²) in [5, 5.41) is 0.900. The van der Waals surface area contributed by atoms with Crippen molar-refractivity contribution in [2.24, 2.45) is 0 Å². The number of rotatable bonds is 6. The number of nitrogens with zero attached hydrogens (tertiary/aromatic N) is 3. The van der Waals surface area contributed by atoms with E-state index in [4.69, 9.17) is 4.98 Å². The molecular formula is C22H29N3O3S2. The Bertz CT molecular complexity index is 1010. The van der Waals surface area contributed by atoms with Crippen molar-refractivity contribution in [2.45, 2.75) is 63.2 Å². The molecule has 30 heavy (non-hydrogen) atoms. The van der Waals surface area contributed by atoms with E-state index in [9.17, 15) is 13.2 Å². The molecule has 6 nitrogen and oxygen atoms in total. The molecule has 8 heteroatoms. The van der Waals surface area contributed by atoms with Crippen molar-refractivity contribution in [3.63, 3.8) is 0 Å². The number of hydrogen-bond acceptors (Lipinski definition) is 5. The van der Waals surface area contributed by atoms with Gasteiger partial charge in [-0.25, -0.2) is 13.4 Å². The van der Waals surface area contributed by atoms with Crippen LogP contribution in [0.5, 0.6) is 0 Å². The monoisotopic (exact) mass is 447 g/mol. The second-order valence-electron chi connectivity index (χ2n) is 8.32. The number of para-hydroxylation sites is 1. The second kappa shape index (κ2) is 8.75. The van der Waals surface area contributed by atoms with Crippen molar-refractivity contribution in [1.29, 1.82) is 0 Å². The van der Waals surface area contributed by atoms with Gasteiger partial charge < -0.3 is 9.47 Å². The van der Waals surface area contributed by atoms with Crippen molar-refractivity contribution in [3.8, 4) is 0 Å². The standard InChI is InChI=1S/C22H29N3O3S2/c1-16-17(2)24(18-10-6-7-11-18)22(23-16)29-14-21(26)25(19-8-4-3-5-9-19)20-12-13-30(27,28)15-20/h3-5,8-9,18,20H,6-7,10-15H2,1-2H3/t20-/m1/s1. The van der Waals surface area contributed by atoms with Crippen LogP contribution >= 0.6 is 11.8 Å². The number of aromatic nitrogens is 2. The molecule has 1 saturated heterocycles. The summed E-state index contributed by atoms with van der Waals surface area (Å²) in [5.41, 5.74) is 2.95. The van der Waals surface area contributed by atoms with Gasteiger partial charge in [-0.2, -0.15) is 0 Å². The fraction of sp³-hybridized carbons (Fsp3) is 0.545. The second-order valence-corrected chi connectivity index (χ2v) is 11.5. The molecule has 0 unspecified atom stereocenters. The summed E-state index contributed by atoms with van der Waals surface area (Å²) in [7, 11) is -3.09. The maximum absolute atomic E-state index is 13.3. The van der Waals surface area contributed by atoms with Crippen LogP contribution in [0.15, 0.2) is 35.5 Å². The molecule has 1 aliphatic carbocycles. The number of imidazole rings is 1. The minimum atomic E-state index is -3.09. The molecule has 1 aromatic carbocycles. The topological polar surface area (TPSA) is 72.3 Å². The number of amides is 1. The molecule has 0 bridgehead atoms. The lowest BCUT2D eigenvalue weighted by Crippen LogP contribution is -2.42. The first kappa shape index (κ1) is 21.4. The van der Waals surface area contributed by atoms with Gasteiger partial charge in [0, 0.05) is 17.4 Å². The third-order valence-electron chi connectivity index (χ3n) is 6.25. The van der Waals surface area contributed by atoms with E-state index in [1.807, 2.05) is 37.3 Å². The van der Waals surface area contributed by atoms with E-state index in [-0.39, 0.29) is 29.2 Å². The van der Waals surface area contributed by atoms with Crippen LogP contribution in [0.1, 0.15) is 49.5 Å².